The van der Waals surface area contributed by atoms with E-state index in [1.165, 1.54) is 0 Å². The zero-order valence-corrected chi connectivity index (χ0v) is 28.5. The number of phenols is 2. The summed E-state index contributed by atoms with van der Waals surface area (Å²) in [6.07, 6.45) is 7.21. The van der Waals surface area contributed by atoms with Crippen LogP contribution in [0.1, 0.15) is 59.6 Å². The first-order chi connectivity index (χ1) is 23.6. The molecule has 0 saturated heterocycles. The van der Waals surface area contributed by atoms with Gasteiger partial charge in [-0.15, -0.1) is 0 Å². The Hall–Kier alpha value is -5.52. The summed E-state index contributed by atoms with van der Waals surface area (Å²) in [5.41, 5.74) is 13.0. The number of allylic oxidation sites excluding steroid dienone is 5. The summed E-state index contributed by atoms with van der Waals surface area (Å²) in [5.74, 6) is 0.822. The van der Waals surface area contributed by atoms with Crippen LogP contribution >= 0.6 is 0 Å². The highest BCUT2D eigenvalue weighted by Crippen LogP contribution is 2.40. The minimum absolute atomic E-state index is 0.0119. The number of aliphatic hydroxyl groups excluding tert-OH is 2. The van der Waals surface area contributed by atoms with Gasteiger partial charge in [-0.3, -0.25) is 0 Å². The Bertz CT molecular complexity index is 2070. The van der Waals surface area contributed by atoms with E-state index < -0.39 is 0 Å². The Labute approximate surface area is 289 Å². The molecule has 1 aliphatic rings. The van der Waals surface area contributed by atoms with Crippen molar-refractivity contribution in [3.8, 4) is 22.6 Å². The summed E-state index contributed by atoms with van der Waals surface area (Å²) in [6.45, 7) is 7.96. The summed E-state index contributed by atoms with van der Waals surface area (Å²) >= 11 is 0. The lowest BCUT2D eigenvalue weighted by Gasteiger charge is -2.27. The van der Waals surface area contributed by atoms with Crippen LogP contribution in [0.3, 0.4) is 0 Å². The third-order valence-corrected chi connectivity index (χ3v) is 9.39. The molecule has 0 radical (unpaired) electrons. The fourth-order valence-electron chi connectivity index (χ4n) is 6.64. The molecule has 5 heteroatoms. The molecule has 0 saturated carbocycles. The molecule has 0 fully saturated rings. The summed E-state index contributed by atoms with van der Waals surface area (Å²) in [5, 5.41) is 40.8. The van der Waals surface area contributed by atoms with Crippen LogP contribution in [-0.4, -0.2) is 20.4 Å². The third-order valence-electron chi connectivity index (χ3n) is 9.39. The second-order valence-electron chi connectivity index (χ2n) is 12.9. The lowest BCUT2D eigenvalue weighted by atomic mass is 9.82. The molecule has 1 unspecified atom stereocenters. The largest absolute Gasteiger partial charge is 0.512 e. The van der Waals surface area contributed by atoms with E-state index in [1.54, 1.807) is 18.2 Å². The van der Waals surface area contributed by atoms with E-state index in [-0.39, 0.29) is 18.3 Å². The molecule has 0 aliphatic heterocycles. The smallest absolute Gasteiger partial charge is 0.118 e. The van der Waals surface area contributed by atoms with E-state index in [1.807, 2.05) is 64.1 Å². The number of aliphatic hydroxyl groups is 2. The molecule has 0 heterocycles. The van der Waals surface area contributed by atoms with Crippen molar-refractivity contribution in [2.45, 2.75) is 53.1 Å². The minimum atomic E-state index is -0.0811. The molecule has 5 nitrogen and oxygen atoms in total. The maximum atomic E-state index is 10.4. The molecular formula is C44H43NO4. The van der Waals surface area contributed by atoms with Gasteiger partial charge in [0.1, 0.15) is 11.5 Å². The predicted octanol–water partition coefficient (Wildman–Crippen LogP) is 10.8. The first-order valence-electron chi connectivity index (χ1n) is 16.7. The van der Waals surface area contributed by atoms with Crippen molar-refractivity contribution in [1.82, 2.24) is 0 Å². The van der Waals surface area contributed by atoms with Crippen LogP contribution in [0.2, 0.25) is 0 Å². The van der Waals surface area contributed by atoms with E-state index >= 15 is 0 Å². The SMILES string of the molecule is CCc1cc(C(C2=CC=C(O)CC(C)=C2)c2ccc(-c3ccc(N(c4ccc(O)c(C)c4)c4ccc(CO)c(C)c4)cc3)cc2)ccc1O. The Kier molecular flexibility index (Phi) is 9.75. The monoisotopic (exact) mass is 649 g/mol. The number of aryl methyl sites for hydroxylation is 3. The molecule has 1 aliphatic carbocycles. The molecule has 0 aromatic heterocycles. The summed E-state index contributed by atoms with van der Waals surface area (Å²) in [6, 6.07) is 34.6. The number of hydrogen-bond acceptors (Lipinski definition) is 5. The van der Waals surface area contributed by atoms with Crippen molar-refractivity contribution in [1.29, 1.82) is 0 Å². The first kappa shape index (κ1) is 33.4. The van der Waals surface area contributed by atoms with Crippen LogP contribution in [-0.2, 0) is 13.0 Å². The number of hydrogen-bond donors (Lipinski definition) is 4. The summed E-state index contributed by atoms with van der Waals surface area (Å²) < 4.78 is 0. The fourth-order valence-corrected chi connectivity index (χ4v) is 6.64. The van der Waals surface area contributed by atoms with Crippen LogP contribution in [0.25, 0.3) is 11.1 Å². The van der Waals surface area contributed by atoms with E-state index in [2.05, 4.69) is 71.6 Å². The van der Waals surface area contributed by atoms with Gasteiger partial charge in [0.05, 0.1) is 12.4 Å². The number of aromatic hydroxyl groups is 2. The van der Waals surface area contributed by atoms with E-state index in [4.69, 9.17) is 0 Å². The molecule has 49 heavy (non-hydrogen) atoms. The van der Waals surface area contributed by atoms with Crippen LogP contribution < -0.4 is 4.90 Å². The maximum Gasteiger partial charge on any atom is 0.118 e. The number of anilines is 3. The average molecular weight is 650 g/mol. The van der Waals surface area contributed by atoms with Gasteiger partial charge >= 0.3 is 0 Å². The van der Waals surface area contributed by atoms with Crippen LogP contribution in [0.4, 0.5) is 17.1 Å². The van der Waals surface area contributed by atoms with Crippen molar-refractivity contribution in [2.24, 2.45) is 0 Å². The van der Waals surface area contributed by atoms with Crippen molar-refractivity contribution in [3.05, 3.63) is 172 Å². The van der Waals surface area contributed by atoms with Crippen molar-refractivity contribution < 1.29 is 20.4 Å². The van der Waals surface area contributed by atoms with Gasteiger partial charge in [-0.2, -0.15) is 0 Å². The number of phenolic OH excluding ortho intramolecular Hbond substituents is 2. The molecular weight excluding hydrogens is 606 g/mol. The highest BCUT2D eigenvalue weighted by molar-refractivity contribution is 5.79. The highest BCUT2D eigenvalue weighted by Gasteiger charge is 2.21. The molecule has 248 valence electrons. The van der Waals surface area contributed by atoms with Gasteiger partial charge < -0.3 is 25.3 Å². The molecule has 5 aromatic carbocycles. The Morgan fingerprint density at radius 3 is 1.84 bits per heavy atom. The van der Waals surface area contributed by atoms with Gasteiger partial charge in [0.2, 0.25) is 0 Å². The van der Waals surface area contributed by atoms with Crippen molar-refractivity contribution >= 4 is 17.1 Å². The van der Waals surface area contributed by atoms with Gasteiger partial charge in [-0.25, -0.2) is 0 Å². The Balaban J connectivity index is 1.36. The normalized spacial score (nSPS) is 13.6. The summed E-state index contributed by atoms with van der Waals surface area (Å²) in [7, 11) is 0. The quantitative estimate of drug-likeness (QED) is 0.128. The molecule has 0 bridgehead atoms. The molecule has 5 aromatic rings. The van der Waals surface area contributed by atoms with Crippen LogP contribution in [0.15, 0.2) is 138 Å². The second-order valence-corrected chi connectivity index (χ2v) is 12.9. The van der Waals surface area contributed by atoms with Gasteiger partial charge in [0.15, 0.2) is 0 Å². The van der Waals surface area contributed by atoms with Crippen molar-refractivity contribution in [2.75, 3.05) is 4.90 Å². The van der Waals surface area contributed by atoms with Gasteiger partial charge in [0.25, 0.3) is 0 Å². The lowest BCUT2D eigenvalue weighted by molar-refractivity contribution is 0.281. The maximum absolute atomic E-state index is 10.4. The second kappa shape index (κ2) is 14.3. The molecule has 0 spiro atoms. The fraction of sp³-hybridized carbons (Fsp3) is 0.182. The highest BCUT2D eigenvalue weighted by atomic mass is 16.3. The van der Waals surface area contributed by atoms with Gasteiger partial charge in [-0.1, -0.05) is 79.2 Å². The Morgan fingerprint density at radius 2 is 1.20 bits per heavy atom. The molecule has 6 rings (SSSR count). The minimum Gasteiger partial charge on any atom is -0.512 e. The Morgan fingerprint density at radius 1 is 0.612 bits per heavy atom. The predicted molar refractivity (Wildman–Crippen MR) is 200 cm³/mol. The van der Waals surface area contributed by atoms with Gasteiger partial charge in [-0.05, 0) is 132 Å². The van der Waals surface area contributed by atoms with E-state index in [0.29, 0.717) is 17.9 Å². The average Bonchev–Trinajstić information content (AvgIpc) is 3.27. The molecule has 1 atom stereocenters. The first-order valence-corrected chi connectivity index (χ1v) is 16.7. The molecule has 0 amide bonds. The van der Waals surface area contributed by atoms with Crippen molar-refractivity contribution in [3.63, 3.8) is 0 Å². The lowest BCUT2D eigenvalue weighted by Crippen LogP contribution is -2.10. The zero-order chi connectivity index (χ0) is 34.7. The number of benzene rings is 5. The van der Waals surface area contributed by atoms with E-state index in [9.17, 15) is 20.4 Å². The number of rotatable bonds is 9. The van der Waals surface area contributed by atoms with Crippen LogP contribution in [0, 0.1) is 13.8 Å². The van der Waals surface area contributed by atoms with Gasteiger partial charge in [0, 0.05) is 29.4 Å². The standard InChI is InChI=1S/C44H43NO4/c1-5-31-26-36(14-20-43(31)49)44(35-13-19-41(47)23-28(2)22-35)34-8-6-32(7-9-34)33-10-15-38(16-11-33)45(40-18-21-42(48)30(4)25-40)39-17-12-37(27-46)29(3)24-39/h6-22,24-26,44,46-49H,5,23,27H2,1-4H3. The topological polar surface area (TPSA) is 84.2 Å². The van der Waals surface area contributed by atoms with Crippen LogP contribution in [0.5, 0.6) is 11.5 Å². The molecule has 4 N–H and O–H groups in total. The third kappa shape index (κ3) is 7.18. The number of nitrogens with zero attached hydrogens (tertiary/aromatic N) is 1. The zero-order valence-electron chi connectivity index (χ0n) is 28.5. The summed E-state index contributed by atoms with van der Waals surface area (Å²) in [4.78, 5) is 2.16. The van der Waals surface area contributed by atoms with E-state index in [0.717, 1.165) is 79.1 Å².